The minimum absolute atomic E-state index is 0.00454. The van der Waals surface area contributed by atoms with E-state index in [0.29, 0.717) is 5.52 Å². The number of imidazole rings is 1. The average Bonchev–Trinajstić information content (AvgIpc) is 2.66. The van der Waals surface area contributed by atoms with Crippen LogP contribution < -0.4 is 0 Å². The van der Waals surface area contributed by atoms with Crippen molar-refractivity contribution in [2.45, 2.75) is 6.92 Å². The summed E-state index contributed by atoms with van der Waals surface area (Å²) in [4.78, 5) is 26.3. The van der Waals surface area contributed by atoms with Crippen molar-refractivity contribution in [3.05, 3.63) is 35.4 Å². The zero-order valence-corrected chi connectivity index (χ0v) is 9.30. The molecule has 0 saturated heterocycles. The number of ether oxygens (including phenoxy) is 1. The number of methoxy groups -OCH3 is 1. The molecule has 6 heteroatoms. The number of hydrogen-bond acceptors (Lipinski definition) is 4. The number of nitrogens with zero attached hydrogens (tertiary/aromatic N) is 2. The first-order valence-corrected chi connectivity index (χ1v) is 4.85. The fourth-order valence-electron chi connectivity index (χ4n) is 1.59. The lowest BCUT2D eigenvalue weighted by Gasteiger charge is -1.99. The van der Waals surface area contributed by atoms with E-state index in [1.807, 2.05) is 6.92 Å². The Labute approximate surface area is 96.5 Å². The first-order chi connectivity index (χ1) is 8.04. The number of carbonyl (C=O) groups excluding carboxylic acids is 1. The zero-order valence-electron chi connectivity index (χ0n) is 9.30. The van der Waals surface area contributed by atoms with Gasteiger partial charge in [0.1, 0.15) is 0 Å². The van der Waals surface area contributed by atoms with Crippen molar-refractivity contribution in [3.63, 3.8) is 0 Å². The van der Waals surface area contributed by atoms with Gasteiger partial charge in [0.2, 0.25) is 5.82 Å². The topological polar surface area (TPSA) is 80.9 Å². The fraction of sp³-hybridized carbons (Fsp3) is 0.182. The molecule has 0 aliphatic rings. The number of aryl methyl sites for hydroxylation is 1. The third-order valence-electron chi connectivity index (χ3n) is 2.35. The highest BCUT2D eigenvalue weighted by molar-refractivity contribution is 5.97. The second-order valence-electron chi connectivity index (χ2n) is 3.54. The van der Waals surface area contributed by atoms with Crippen molar-refractivity contribution in [3.8, 4) is 0 Å². The van der Waals surface area contributed by atoms with Gasteiger partial charge in [0, 0.05) is 6.20 Å². The van der Waals surface area contributed by atoms with Gasteiger partial charge in [-0.25, -0.2) is 14.6 Å². The van der Waals surface area contributed by atoms with Gasteiger partial charge in [-0.3, -0.25) is 4.40 Å². The molecule has 6 nitrogen and oxygen atoms in total. The lowest BCUT2D eigenvalue weighted by molar-refractivity contribution is 0.0597. The minimum atomic E-state index is -1.19. The van der Waals surface area contributed by atoms with Crippen molar-refractivity contribution in [1.29, 1.82) is 0 Å². The maximum atomic E-state index is 11.5. The molecule has 0 bridgehead atoms. The predicted molar refractivity (Wildman–Crippen MR) is 58.2 cm³/mol. The molecule has 88 valence electrons. The van der Waals surface area contributed by atoms with E-state index in [9.17, 15) is 9.59 Å². The Balaban J connectivity index is 2.79. The molecule has 0 unspecified atom stereocenters. The number of carboxylic acid groups (broad SMARTS) is 1. The molecular weight excluding hydrogens is 224 g/mol. The Kier molecular flexibility index (Phi) is 2.55. The van der Waals surface area contributed by atoms with Crippen molar-refractivity contribution >= 4 is 17.5 Å². The molecule has 2 aromatic rings. The monoisotopic (exact) mass is 234 g/mol. The molecule has 0 spiro atoms. The number of esters is 1. The molecule has 0 fully saturated rings. The summed E-state index contributed by atoms with van der Waals surface area (Å²) < 4.78 is 5.92. The van der Waals surface area contributed by atoms with Crippen LogP contribution in [0.1, 0.15) is 26.7 Å². The number of carbonyl (C=O) groups is 2. The van der Waals surface area contributed by atoms with E-state index in [0.717, 1.165) is 5.56 Å². The van der Waals surface area contributed by atoms with Crippen molar-refractivity contribution in [2.75, 3.05) is 7.11 Å². The number of carboxylic acids is 1. The second-order valence-corrected chi connectivity index (χ2v) is 3.54. The second kappa shape index (κ2) is 3.89. The summed E-state index contributed by atoms with van der Waals surface area (Å²) in [5, 5.41) is 9.01. The number of pyridine rings is 1. The van der Waals surface area contributed by atoms with Gasteiger partial charge >= 0.3 is 11.9 Å². The number of aromatic carboxylic acids is 1. The maximum absolute atomic E-state index is 11.5. The number of fused-ring (bicyclic) bond motifs is 1. The Bertz CT molecular complexity index is 615. The van der Waals surface area contributed by atoms with E-state index in [-0.39, 0.29) is 11.5 Å². The molecule has 0 amide bonds. The van der Waals surface area contributed by atoms with Gasteiger partial charge in [0.15, 0.2) is 5.69 Å². The van der Waals surface area contributed by atoms with Gasteiger partial charge in [0.05, 0.1) is 12.6 Å². The molecule has 17 heavy (non-hydrogen) atoms. The number of hydrogen-bond donors (Lipinski definition) is 1. The summed E-state index contributed by atoms with van der Waals surface area (Å²) in [7, 11) is 1.22. The SMILES string of the molecule is COC(=O)c1nc(C(=O)O)n2cc(C)ccc12. The maximum Gasteiger partial charge on any atom is 0.372 e. The molecule has 0 aromatic carbocycles. The number of aromatic nitrogens is 2. The smallest absolute Gasteiger partial charge is 0.372 e. The van der Waals surface area contributed by atoms with Crippen LogP contribution in [0.2, 0.25) is 0 Å². The summed E-state index contributed by atoms with van der Waals surface area (Å²) in [5.74, 6) is -2.05. The highest BCUT2D eigenvalue weighted by Crippen LogP contribution is 2.15. The summed E-state index contributed by atoms with van der Waals surface area (Å²) in [6.07, 6.45) is 1.61. The standard InChI is InChI=1S/C11H10N2O4/c1-6-3-4-7-8(11(16)17-2)12-9(10(14)15)13(7)5-6/h3-5H,1-2H3,(H,14,15). The van der Waals surface area contributed by atoms with Crippen molar-refractivity contribution in [2.24, 2.45) is 0 Å². The lowest BCUT2D eigenvalue weighted by atomic mass is 10.2. The summed E-state index contributed by atoms with van der Waals surface area (Å²) in [6, 6.07) is 3.41. The first-order valence-electron chi connectivity index (χ1n) is 4.85. The lowest BCUT2D eigenvalue weighted by Crippen LogP contribution is -2.04. The fourth-order valence-corrected chi connectivity index (χ4v) is 1.59. The van der Waals surface area contributed by atoms with Crippen LogP contribution >= 0.6 is 0 Å². The third kappa shape index (κ3) is 1.73. The van der Waals surface area contributed by atoms with Crippen molar-refractivity contribution in [1.82, 2.24) is 9.38 Å². The van der Waals surface area contributed by atoms with E-state index in [4.69, 9.17) is 5.11 Å². The largest absolute Gasteiger partial charge is 0.475 e. The van der Waals surface area contributed by atoms with Crippen LogP contribution in [0, 0.1) is 6.92 Å². The average molecular weight is 234 g/mol. The predicted octanol–water partition coefficient (Wildman–Crippen LogP) is 1.13. The minimum Gasteiger partial charge on any atom is -0.475 e. The van der Waals surface area contributed by atoms with Crippen LogP contribution in [0.5, 0.6) is 0 Å². The van der Waals surface area contributed by atoms with Crippen LogP contribution in [0.3, 0.4) is 0 Å². The highest BCUT2D eigenvalue weighted by Gasteiger charge is 2.21. The van der Waals surface area contributed by atoms with Crippen LogP contribution in [0.25, 0.3) is 5.52 Å². The third-order valence-corrected chi connectivity index (χ3v) is 2.35. The van der Waals surface area contributed by atoms with E-state index < -0.39 is 11.9 Å². The Hall–Kier alpha value is -2.37. The van der Waals surface area contributed by atoms with Crippen LogP contribution in [-0.4, -0.2) is 33.5 Å². The normalized spacial score (nSPS) is 10.5. The summed E-state index contributed by atoms with van der Waals surface area (Å²) in [6.45, 7) is 1.82. The molecule has 0 aliphatic carbocycles. The number of rotatable bonds is 2. The van der Waals surface area contributed by atoms with Gasteiger partial charge in [0.25, 0.3) is 0 Å². The molecule has 0 aliphatic heterocycles. The van der Waals surface area contributed by atoms with E-state index in [1.54, 1.807) is 18.3 Å². The molecule has 0 radical (unpaired) electrons. The van der Waals surface area contributed by atoms with E-state index >= 15 is 0 Å². The van der Waals surface area contributed by atoms with Crippen LogP contribution in [0.15, 0.2) is 18.3 Å². The molecule has 2 rings (SSSR count). The molecule has 2 heterocycles. The van der Waals surface area contributed by atoms with Gasteiger partial charge in [-0.2, -0.15) is 0 Å². The highest BCUT2D eigenvalue weighted by atomic mass is 16.5. The molecule has 1 N–H and O–H groups in total. The van der Waals surface area contributed by atoms with Crippen molar-refractivity contribution < 1.29 is 19.4 Å². The first kappa shape index (κ1) is 11.1. The molecular formula is C11H10N2O4. The molecule has 0 atom stereocenters. The van der Waals surface area contributed by atoms with Gasteiger partial charge < -0.3 is 9.84 Å². The van der Waals surface area contributed by atoms with E-state index in [2.05, 4.69) is 9.72 Å². The molecule has 2 aromatic heterocycles. The Morgan fingerprint density at radius 1 is 1.41 bits per heavy atom. The summed E-state index contributed by atoms with van der Waals surface area (Å²) in [5.41, 5.74) is 1.29. The molecule has 0 saturated carbocycles. The Morgan fingerprint density at radius 3 is 2.71 bits per heavy atom. The zero-order chi connectivity index (χ0) is 12.6. The van der Waals surface area contributed by atoms with Gasteiger partial charge in [-0.1, -0.05) is 6.07 Å². The van der Waals surface area contributed by atoms with Crippen LogP contribution in [0.4, 0.5) is 0 Å². The van der Waals surface area contributed by atoms with Gasteiger partial charge in [-0.05, 0) is 18.6 Å². The van der Waals surface area contributed by atoms with E-state index in [1.165, 1.54) is 11.5 Å². The summed E-state index contributed by atoms with van der Waals surface area (Å²) >= 11 is 0. The Morgan fingerprint density at radius 2 is 2.12 bits per heavy atom. The van der Waals surface area contributed by atoms with Crippen LogP contribution in [-0.2, 0) is 4.74 Å². The van der Waals surface area contributed by atoms with Gasteiger partial charge in [-0.15, -0.1) is 0 Å². The quantitative estimate of drug-likeness (QED) is 0.787.